The summed E-state index contributed by atoms with van der Waals surface area (Å²) in [6, 6.07) is 3.03. The maximum Gasteiger partial charge on any atom is 0.255 e. The van der Waals surface area contributed by atoms with E-state index >= 15 is 4.39 Å². The van der Waals surface area contributed by atoms with Gasteiger partial charge in [0.25, 0.3) is 5.91 Å². The Morgan fingerprint density at radius 1 is 1.17 bits per heavy atom. The first-order valence-electron chi connectivity index (χ1n) is 12.7. The molecule has 8 nitrogen and oxygen atoms in total. The number of amides is 3. The molecule has 0 radical (unpaired) electrons. The molecule has 5 rings (SSSR count). The van der Waals surface area contributed by atoms with Crippen molar-refractivity contribution in [3.63, 3.8) is 0 Å². The number of carbonyl (C=O) groups excluding carboxylic acids is 3. The van der Waals surface area contributed by atoms with Crippen LogP contribution in [0, 0.1) is 5.82 Å². The Labute approximate surface area is 204 Å². The number of piperidine rings is 1. The molecule has 4 aliphatic heterocycles. The number of nitrogens with zero attached hydrogens (tertiary/aromatic N) is 1. The Bertz CT molecular complexity index is 1030. The lowest BCUT2D eigenvalue weighted by atomic mass is 9.90. The van der Waals surface area contributed by atoms with E-state index in [4.69, 9.17) is 9.47 Å². The van der Waals surface area contributed by atoms with E-state index in [1.807, 2.05) is 0 Å². The molecule has 0 aromatic heterocycles. The summed E-state index contributed by atoms with van der Waals surface area (Å²) in [5, 5.41) is 6.04. The molecule has 0 bridgehead atoms. The van der Waals surface area contributed by atoms with Crippen molar-refractivity contribution in [1.29, 1.82) is 0 Å². The molecule has 2 N–H and O–H groups in total. The Hall–Kier alpha value is -2.36. The average Bonchev–Trinajstić information content (AvgIpc) is 3.13. The number of hydrogen-bond donors (Lipinski definition) is 2. The maximum atomic E-state index is 15.7. The summed E-state index contributed by atoms with van der Waals surface area (Å²) >= 11 is 0. The quantitative estimate of drug-likeness (QED) is 0.619. The number of benzene rings is 1. The molecule has 9 heteroatoms. The maximum absolute atomic E-state index is 15.7. The van der Waals surface area contributed by atoms with E-state index in [0.29, 0.717) is 35.8 Å². The predicted octanol–water partition coefficient (Wildman–Crippen LogP) is 2.22. The van der Waals surface area contributed by atoms with Crippen LogP contribution in [0.25, 0.3) is 0 Å². The number of halogens is 1. The van der Waals surface area contributed by atoms with Crippen molar-refractivity contribution in [3.8, 4) is 0 Å². The monoisotopic (exact) mass is 487 g/mol. The van der Waals surface area contributed by atoms with Crippen LogP contribution in [0.2, 0.25) is 0 Å². The Kier molecular flexibility index (Phi) is 6.67. The predicted molar refractivity (Wildman–Crippen MR) is 125 cm³/mol. The first-order chi connectivity index (χ1) is 16.7. The summed E-state index contributed by atoms with van der Waals surface area (Å²) in [7, 11) is 0. The standard InChI is InChI=1S/C26H34FN3O5/c1-26(2)13-16(9-11-35-26)28-19-4-3-10-34-21(19)12-15-5-6-17-18(23(15)27)14-30(25(17)33)20-7-8-22(31)29-24(20)32/h5-6,16,19-21,28H,3-4,7-14H2,1-2H3,(H,29,31,32)/t16-,19-,20?,21+/m0/s1. The minimum absolute atomic E-state index is 0.0322. The number of fused-ring (bicyclic) bond motifs is 1. The highest BCUT2D eigenvalue weighted by atomic mass is 19.1. The molecule has 3 fully saturated rings. The van der Waals surface area contributed by atoms with Gasteiger partial charge in [-0.15, -0.1) is 0 Å². The van der Waals surface area contributed by atoms with E-state index in [1.54, 1.807) is 12.1 Å². The summed E-state index contributed by atoms with van der Waals surface area (Å²) in [6.07, 6.45) is 4.47. The number of rotatable bonds is 5. The number of carbonyl (C=O) groups is 3. The highest BCUT2D eigenvalue weighted by Crippen LogP contribution is 2.32. The van der Waals surface area contributed by atoms with Crippen LogP contribution in [0.3, 0.4) is 0 Å². The number of imide groups is 1. The van der Waals surface area contributed by atoms with E-state index in [0.717, 1.165) is 32.3 Å². The topological polar surface area (TPSA) is 97.0 Å². The lowest BCUT2D eigenvalue weighted by molar-refractivity contribution is -0.136. The van der Waals surface area contributed by atoms with E-state index in [-0.39, 0.29) is 48.9 Å². The number of ether oxygens (including phenoxy) is 2. The van der Waals surface area contributed by atoms with Gasteiger partial charge in [-0.3, -0.25) is 19.7 Å². The second-order valence-electron chi connectivity index (χ2n) is 10.8. The third-order valence-corrected chi connectivity index (χ3v) is 7.74. The van der Waals surface area contributed by atoms with Gasteiger partial charge < -0.3 is 19.7 Å². The molecule has 0 saturated carbocycles. The number of nitrogens with one attached hydrogen (secondary N) is 2. The molecule has 1 unspecified atom stereocenters. The Morgan fingerprint density at radius 2 is 2.00 bits per heavy atom. The Morgan fingerprint density at radius 3 is 2.77 bits per heavy atom. The minimum Gasteiger partial charge on any atom is -0.376 e. The summed E-state index contributed by atoms with van der Waals surface area (Å²) in [5.41, 5.74) is 0.976. The molecule has 0 spiro atoms. The fourth-order valence-corrected chi connectivity index (χ4v) is 5.94. The zero-order valence-corrected chi connectivity index (χ0v) is 20.4. The highest BCUT2D eigenvalue weighted by Gasteiger charge is 2.41. The molecule has 0 aliphatic carbocycles. The lowest BCUT2D eigenvalue weighted by Crippen LogP contribution is -2.53. The molecule has 3 saturated heterocycles. The molecule has 4 aliphatic rings. The van der Waals surface area contributed by atoms with Crippen molar-refractivity contribution in [3.05, 3.63) is 34.6 Å². The minimum atomic E-state index is -0.755. The van der Waals surface area contributed by atoms with Crippen molar-refractivity contribution in [2.75, 3.05) is 13.2 Å². The third kappa shape index (κ3) is 4.99. The number of hydrogen-bond acceptors (Lipinski definition) is 6. The van der Waals surface area contributed by atoms with Gasteiger partial charge >= 0.3 is 0 Å². The third-order valence-electron chi connectivity index (χ3n) is 7.74. The van der Waals surface area contributed by atoms with Crippen LogP contribution in [0.5, 0.6) is 0 Å². The smallest absolute Gasteiger partial charge is 0.255 e. The van der Waals surface area contributed by atoms with Crippen molar-refractivity contribution in [1.82, 2.24) is 15.5 Å². The molecule has 1 aromatic rings. The van der Waals surface area contributed by atoms with Crippen molar-refractivity contribution in [2.24, 2.45) is 0 Å². The van der Waals surface area contributed by atoms with Crippen LogP contribution >= 0.6 is 0 Å². The molecule has 35 heavy (non-hydrogen) atoms. The molecule has 3 amide bonds. The summed E-state index contributed by atoms with van der Waals surface area (Å²) in [6.45, 7) is 5.62. The Balaban J connectivity index is 1.29. The zero-order chi connectivity index (χ0) is 24.7. The SMILES string of the molecule is CC1(C)C[C@@H](N[C@H]2CCCO[C@@H]2Cc2ccc3c(c2F)CN(C2CCC(=O)NC2=O)C3=O)CCO1. The van der Waals surface area contributed by atoms with Crippen LogP contribution in [0.4, 0.5) is 4.39 Å². The van der Waals surface area contributed by atoms with Gasteiger partial charge in [0.05, 0.1) is 18.2 Å². The second-order valence-corrected chi connectivity index (χ2v) is 10.8. The van der Waals surface area contributed by atoms with Gasteiger partial charge in [0.1, 0.15) is 11.9 Å². The lowest BCUT2D eigenvalue weighted by Gasteiger charge is -2.40. The second kappa shape index (κ2) is 9.59. The summed E-state index contributed by atoms with van der Waals surface area (Å²) in [4.78, 5) is 38.1. The first kappa shape index (κ1) is 24.3. The van der Waals surface area contributed by atoms with Crippen LogP contribution in [-0.4, -0.2) is 65.7 Å². The van der Waals surface area contributed by atoms with Gasteiger partial charge in [-0.05, 0) is 57.6 Å². The first-order valence-corrected chi connectivity index (χ1v) is 12.7. The van der Waals surface area contributed by atoms with E-state index < -0.39 is 17.8 Å². The normalized spacial score (nSPS) is 30.8. The molecule has 190 valence electrons. The van der Waals surface area contributed by atoms with Gasteiger partial charge in [0.2, 0.25) is 11.8 Å². The fourth-order valence-electron chi connectivity index (χ4n) is 5.94. The van der Waals surface area contributed by atoms with Crippen LogP contribution in [0.15, 0.2) is 12.1 Å². The van der Waals surface area contributed by atoms with Crippen molar-refractivity contribution >= 4 is 17.7 Å². The molecular formula is C26H34FN3O5. The molecule has 4 atom stereocenters. The molecular weight excluding hydrogens is 453 g/mol. The molecule has 4 heterocycles. The zero-order valence-electron chi connectivity index (χ0n) is 20.4. The van der Waals surface area contributed by atoms with Gasteiger partial charge in [-0.1, -0.05) is 6.07 Å². The van der Waals surface area contributed by atoms with Gasteiger partial charge in [-0.25, -0.2) is 4.39 Å². The molecule has 1 aromatic carbocycles. The van der Waals surface area contributed by atoms with Crippen molar-refractivity contribution in [2.45, 2.75) is 95.2 Å². The van der Waals surface area contributed by atoms with Crippen LogP contribution < -0.4 is 10.6 Å². The van der Waals surface area contributed by atoms with E-state index in [1.165, 1.54) is 4.90 Å². The van der Waals surface area contributed by atoms with E-state index in [9.17, 15) is 14.4 Å². The summed E-state index contributed by atoms with van der Waals surface area (Å²) < 4.78 is 27.6. The van der Waals surface area contributed by atoms with Gasteiger partial charge in [-0.2, -0.15) is 0 Å². The van der Waals surface area contributed by atoms with Gasteiger partial charge in [0, 0.05) is 49.3 Å². The van der Waals surface area contributed by atoms with Crippen LogP contribution in [-0.2, 0) is 32.0 Å². The largest absolute Gasteiger partial charge is 0.376 e. The fraction of sp³-hybridized carbons (Fsp3) is 0.654. The average molecular weight is 488 g/mol. The summed E-state index contributed by atoms with van der Waals surface area (Å²) in [5.74, 6) is -1.60. The van der Waals surface area contributed by atoms with Crippen LogP contribution in [0.1, 0.15) is 73.9 Å². The van der Waals surface area contributed by atoms with Crippen molar-refractivity contribution < 1.29 is 28.2 Å². The highest BCUT2D eigenvalue weighted by molar-refractivity contribution is 6.05. The van der Waals surface area contributed by atoms with Gasteiger partial charge in [0.15, 0.2) is 0 Å². The van der Waals surface area contributed by atoms with E-state index in [2.05, 4.69) is 24.5 Å².